The molecule has 0 bridgehead atoms. The Hall–Kier alpha value is -1.03. The molecule has 5 heteroatoms. The Bertz CT molecular complexity index is 580. The van der Waals surface area contributed by atoms with Gasteiger partial charge in [0.25, 0.3) is 0 Å². The second-order valence-electron chi connectivity index (χ2n) is 5.66. The van der Waals surface area contributed by atoms with Crippen molar-refractivity contribution < 1.29 is 0 Å². The Kier molecular flexibility index (Phi) is 3.90. The van der Waals surface area contributed by atoms with Gasteiger partial charge in [-0.2, -0.15) is 5.10 Å². The van der Waals surface area contributed by atoms with Crippen molar-refractivity contribution in [2.75, 3.05) is 0 Å². The third kappa shape index (κ3) is 2.27. The zero-order valence-electron chi connectivity index (χ0n) is 12.5. The molecule has 0 amide bonds. The van der Waals surface area contributed by atoms with E-state index in [-0.39, 0.29) is 5.54 Å². The summed E-state index contributed by atoms with van der Waals surface area (Å²) in [6, 6.07) is 0. The highest BCUT2D eigenvalue weighted by atomic mass is 35.5. The molecule has 106 valence electrons. The normalized spacial score (nSPS) is 12.5. The van der Waals surface area contributed by atoms with Crippen LogP contribution >= 0.6 is 11.6 Å². The number of rotatable bonds is 5. The molecule has 0 unspecified atom stereocenters. The maximum atomic E-state index is 6.10. The molecule has 19 heavy (non-hydrogen) atoms. The average molecular weight is 283 g/mol. The molecule has 4 nitrogen and oxygen atoms in total. The van der Waals surface area contributed by atoms with Crippen LogP contribution in [0.3, 0.4) is 0 Å². The molecular formula is C14H23ClN4. The summed E-state index contributed by atoms with van der Waals surface area (Å²) in [5.74, 6) is 1.38. The molecule has 0 spiro atoms. The highest BCUT2D eigenvalue weighted by molar-refractivity contribution is 6.16. The number of nitrogens with zero attached hydrogens (tertiary/aromatic N) is 4. The van der Waals surface area contributed by atoms with Crippen molar-refractivity contribution in [1.29, 1.82) is 0 Å². The van der Waals surface area contributed by atoms with Crippen LogP contribution in [-0.4, -0.2) is 19.3 Å². The van der Waals surface area contributed by atoms with Crippen molar-refractivity contribution in [2.45, 2.75) is 58.4 Å². The molecular weight excluding hydrogens is 260 g/mol. The molecule has 0 aliphatic heterocycles. The highest BCUT2D eigenvalue weighted by Crippen LogP contribution is 2.31. The van der Waals surface area contributed by atoms with Gasteiger partial charge in [-0.05, 0) is 26.7 Å². The number of hydrogen-bond acceptors (Lipinski definition) is 2. The van der Waals surface area contributed by atoms with Gasteiger partial charge in [0.1, 0.15) is 11.3 Å². The molecule has 2 rings (SSSR count). The summed E-state index contributed by atoms with van der Waals surface area (Å²) >= 11 is 6.10. The topological polar surface area (TPSA) is 35.6 Å². The van der Waals surface area contributed by atoms with Gasteiger partial charge in [0, 0.05) is 12.6 Å². The van der Waals surface area contributed by atoms with Gasteiger partial charge in [-0.1, -0.05) is 20.3 Å². The van der Waals surface area contributed by atoms with Crippen LogP contribution < -0.4 is 0 Å². The number of hydrogen-bond donors (Lipinski definition) is 0. The first kappa shape index (κ1) is 14.4. The van der Waals surface area contributed by atoms with E-state index in [1.54, 1.807) is 0 Å². The van der Waals surface area contributed by atoms with Crippen molar-refractivity contribution >= 4 is 22.8 Å². The second kappa shape index (κ2) is 5.16. The van der Waals surface area contributed by atoms with E-state index in [0.29, 0.717) is 5.88 Å². The number of alkyl halides is 1. The second-order valence-corrected chi connectivity index (χ2v) is 5.92. The van der Waals surface area contributed by atoms with Gasteiger partial charge in [-0.25, -0.2) is 4.98 Å². The van der Waals surface area contributed by atoms with Crippen LogP contribution in [0.4, 0.5) is 0 Å². The quantitative estimate of drug-likeness (QED) is 0.786. The lowest BCUT2D eigenvalue weighted by molar-refractivity contribution is 0.322. The first-order valence-electron chi connectivity index (χ1n) is 6.95. The average Bonchev–Trinajstić information content (AvgIpc) is 2.87. The van der Waals surface area contributed by atoms with E-state index in [2.05, 4.69) is 37.4 Å². The fraction of sp³-hybridized carbons (Fsp3) is 0.714. The number of aryl methyl sites for hydroxylation is 2. The molecule has 0 saturated heterocycles. The summed E-state index contributed by atoms with van der Waals surface area (Å²) in [4.78, 5) is 4.72. The molecule has 0 saturated carbocycles. The predicted octanol–water partition coefficient (Wildman–Crippen LogP) is 3.61. The van der Waals surface area contributed by atoms with Crippen molar-refractivity contribution in [1.82, 2.24) is 19.3 Å². The van der Waals surface area contributed by atoms with Gasteiger partial charge in [-0.3, -0.25) is 4.68 Å². The SMILES string of the molecule is CCCC(C)(C)n1c(CCl)nc2c(CC)nn(C)c21. The lowest BCUT2D eigenvalue weighted by Gasteiger charge is -2.28. The van der Waals surface area contributed by atoms with E-state index < -0.39 is 0 Å². The van der Waals surface area contributed by atoms with Crippen LogP contribution in [0.15, 0.2) is 0 Å². The number of halogens is 1. The van der Waals surface area contributed by atoms with Gasteiger partial charge >= 0.3 is 0 Å². The maximum Gasteiger partial charge on any atom is 0.159 e. The van der Waals surface area contributed by atoms with Crippen molar-refractivity contribution in [3.8, 4) is 0 Å². The molecule has 0 atom stereocenters. The fourth-order valence-corrected chi connectivity index (χ4v) is 3.09. The monoisotopic (exact) mass is 282 g/mol. The van der Waals surface area contributed by atoms with Crippen LogP contribution in [0.5, 0.6) is 0 Å². The highest BCUT2D eigenvalue weighted by Gasteiger charge is 2.28. The largest absolute Gasteiger partial charge is 0.306 e. The minimum absolute atomic E-state index is 0.00648. The fourth-order valence-electron chi connectivity index (χ4n) is 2.91. The molecule has 0 aliphatic carbocycles. The van der Waals surface area contributed by atoms with Crippen LogP contribution in [0.1, 0.15) is 52.1 Å². The first-order chi connectivity index (χ1) is 8.96. The van der Waals surface area contributed by atoms with Crippen LogP contribution in [0.25, 0.3) is 11.2 Å². The van der Waals surface area contributed by atoms with E-state index in [0.717, 1.165) is 41.9 Å². The summed E-state index contributed by atoms with van der Waals surface area (Å²) in [7, 11) is 1.99. The molecule has 0 N–H and O–H groups in total. The Balaban J connectivity index is 2.73. The summed E-state index contributed by atoms with van der Waals surface area (Å²) in [5.41, 5.74) is 3.15. The Morgan fingerprint density at radius 2 is 1.95 bits per heavy atom. The van der Waals surface area contributed by atoms with E-state index in [4.69, 9.17) is 16.6 Å². The minimum atomic E-state index is 0.00648. The molecule has 0 radical (unpaired) electrons. The van der Waals surface area contributed by atoms with Gasteiger partial charge in [0.05, 0.1) is 11.6 Å². The molecule has 2 heterocycles. The Labute approximate surface area is 119 Å². The molecule has 0 aliphatic rings. The summed E-state index contributed by atoms with van der Waals surface area (Å²) in [6.07, 6.45) is 3.12. The molecule has 0 aromatic carbocycles. The van der Waals surface area contributed by atoms with Gasteiger partial charge in [-0.15, -0.1) is 11.6 Å². The molecule has 2 aromatic heterocycles. The number of imidazole rings is 1. The van der Waals surface area contributed by atoms with E-state index in [1.165, 1.54) is 0 Å². The van der Waals surface area contributed by atoms with Gasteiger partial charge < -0.3 is 4.57 Å². The maximum absolute atomic E-state index is 6.10. The summed E-state index contributed by atoms with van der Waals surface area (Å²) in [6.45, 7) is 8.80. The first-order valence-corrected chi connectivity index (χ1v) is 7.49. The lowest BCUT2D eigenvalue weighted by Crippen LogP contribution is -2.28. The summed E-state index contributed by atoms with van der Waals surface area (Å²) < 4.78 is 4.21. The number of aromatic nitrogens is 4. The predicted molar refractivity (Wildman–Crippen MR) is 79.7 cm³/mol. The molecule has 0 fully saturated rings. The standard InChI is InChI=1S/C14H23ClN4/c1-6-8-14(3,4)19-11(9-15)16-12-10(7-2)17-18(5)13(12)19/h6-9H2,1-5H3. The smallest absolute Gasteiger partial charge is 0.159 e. The van der Waals surface area contributed by atoms with Crippen LogP contribution in [0.2, 0.25) is 0 Å². The van der Waals surface area contributed by atoms with Gasteiger partial charge in [0.15, 0.2) is 5.65 Å². The third-order valence-electron chi connectivity index (χ3n) is 3.69. The van der Waals surface area contributed by atoms with Crippen molar-refractivity contribution in [2.24, 2.45) is 7.05 Å². The number of fused-ring (bicyclic) bond motifs is 1. The van der Waals surface area contributed by atoms with Crippen LogP contribution in [-0.2, 0) is 24.9 Å². The van der Waals surface area contributed by atoms with Crippen LogP contribution in [0, 0.1) is 0 Å². The third-order valence-corrected chi connectivity index (χ3v) is 3.93. The Morgan fingerprint density at radius 3 is 2.47 bits per heavy atom. The Morgan fingerprint density at radius 1 is 1.26 bits per heavy atom. The lowest BCUT2D eigenvalue weighted by atomic mass is 9.98. The zero-order chi connectivity index (χ0) is 14.2. The van der Waals surface area contributed by atoms with E-state index in [9.17, 15) is 0 Å². The summed E-state index contributed by atoms with van der Waals surface area (Å²) in [5, 5.41) is 4.57. The molecule has 2 aromatic rings. The minimum Gasteiger partial charge on any atom is -0.306 e. The van der Waals surface area contributed by atoms with Crippen molar-refractivity contribution in [3.63, 3.8) is 0 Å². The van der Waals surface area contributed by atoms with E-state index in [1.807, 2.05) is 11.7 Å². The zero-order valence-corrected chi connectivity index (χ0v) is 13.3. The van der Waals surface area contributed by atoms with Crippen molar-refractivity contribution in [3.05, 3.63) is 11.5 Å². The van der Waals surface area contributed by atoms with Gasteiger partial charge in [0.2, 0.25) is 0 Å². The van der Waals surface area contributed by atoms with E-state index >= 15 is 0 Å².